The van der Waals surface area contributed by atoms with Crippen LogP contribution in [0.3, 0.4) is 0 Å². The van der Waals surface area contributed by atoms with Crippen LogP contribution < -0.4 is 0 Å². The van der Waals surface area contributed by atoms with Gasteiger partial charge in [-0.25, -0.2) is 8.42 Å². The number of methoxy groups -OCH3 is 1. The molecule has 0 unspecified atom stereocenters. The summed E-state index contributed by atoms with van der Waals surface area (Å²) in [5, 5.41) is 10.1. The monoisotopic (exact) mass is 417 g/mol. The maximum Gasteiger partial charge on any atom is 0.312 e. The highest BCUT2D eigenvalue weighted by Crippen LogP contribution is 2.27. The van der Waals surface area contributed by atoms with Gasteiger partial charge in [-0.3, -0.25) is 14.9 Å². The van der Waals surface area contributed by atoms with Crippen molar-refractivity contribution in [3.05, 3.63) is 82.4 Å². The van der Waals surface area contributed by atoms with Crippen LogP contribution in [0.15, 0.2) is 71.6 Å². The summed E-state index contributed by atoms with van der Waals surface area (Å²) in [6.45, 7) is 1.42. The topological polar surface area (TPSA) is 104 Å². The van der Waals surface area contributed by atoms with E-state index in [1.165, 1.54) is 44.4 Å². The maximum atomic E-state index is 12.8. The zero-order valence-electron chi connectivity index (χ0n) is 16.2. The molecule has 0 aliphatic carbocycles. The molecule has 0 aliphatic rings. The van der Waals surface area contributed by atoms with E-state index in [9.17, 15) is 23.3 Å². The minimum Gasteiger partial charge on any atom is -0.469 e. The second-order valence-corrected chi connectivity index (χ2v) is 8.79. The van der Waals surface area contributed by atoms with Gasteiger partial charge in [0.1, 0.15) is 4.90 Å². The summed E-state index contributed by atoms with van der Waals surface area (Å²) in [6, 6.07) is 14.8. The Balaban J connectivity index is 2.21. The largest absolute Gasteiger partial charge is 0.469 e. The maximum absolute atomic E-state index is 12.8. The minimum absolute atomic E-state index is 0.346. The highest BCUT2D eigenvalue weighted by atomic mass is 32.2. The lowest BCUT2D eigenvalue weighted by atomic mass is 9.99. The molecule has 0 fully saturated rings. The van der Waals surface area contributed by atoms with Crippen LogP contribution in [0.5, 0.6) is 0 Å². The van der Waals surface area contributed by atoms with Crippen molar-refractivity contribution < 1.29 is 22.9 Å². The fourth-order valence-electron chi connectivity index (χ4n) is 2.85. The Labute approximate surface area is 170 Å². The summed E-state index contributed by atoms with van der Waals surface area (Å²) in [7, 11) is -2.71. The average molecular weight is 417 g/mol. The molecule has 0 saturated carbocycles. The van der Waals surface area contributed by atoms with E-state index < -0.39 is 37.6 Å². The predicted octanol–water partition coefficient (Wildman–Crippen LogP) is 3.74. The van der Waals surface area contributed by atoms with Crippen LogP contribution >= 0.6 is 0 Å². The third-order valence-corrected chi connectivity index (χ3v) is 6.66. The Morgan fingerprint density at radius 1 is 1.10 bits per heavy atom. The van der Waals surface area contributed by atoms with Gasteiger partial charge in [0, 0.05) is 6.07 Å². The first kappa shape index (κ1) is 22.3. The minimum atomic E-state index is -3.99. The Morgan fingerprint density at radius 2 is 1.72 bits per heavy atom. The molecule has 154 valence electrons. The van der Waals surface area contributed by atoms with Crippen LogP contribution in [-0.4, -0.2) is 31.7 Å². The molecule has 2 aromatic carbocycles. The van der Waals surface area contributed by atoms with Crippen LogP contribution in [0.2, 0.25) is 0 Å². The number of benzene rings is 2. The molecule has 0 aromatic heterocycles. The fourth-order valence-corrected chi connectivity index (χ4v) is 4.25. The van der Waals surface area contributed by atoms with Crippen molar-refractivity contribution in [2.45, 2.75) is 29.9 Å². The molecule has 0 aliphatic heterocycles. The predicted molar refractivity (Wildman–Crippen MR) is 109 cm³/mol. The summed E-state index contributed by atoms with van der Waals surface area (Å²) in [4.78, 5) is 22.2. The Kier molecular flexibility index (Phi) is 7.67. The lowest BCUT2D eigenvalue weighted by Crippen LogP contribution is -2.19. The van der Waals surface area contributed by atoms with Crippen molar-refractivity contribution in [3.8, 4) is 0 Å². The van der Waals surface area contributed by atoms with Gasteiger partial charge >= 0.3 is 5.97 Å². The SMILES string of the molecule is COC(=O)[C@@H](C=C[C@H](C)S(=O)(=O)c1ccccc1[N+](=O)[O-])CCc1ccccc1. The van der Waals surface area contributed by atoms with Crippen LogP contribution in [0.1, 0.15) is 18.9 Å². The van der Waals surface area contributed by atoms with Gasteiger partial charge < -0.3 is 4.74 Å². The molecular weight excluding hydrogens is 394 g/mol. The number of ether oxygens (including phenoxy) is 1. The first-order valence-corrected chi connectivity index (χ1v) is 10.6. The number of rotatable bonds is 9. The molecule has 0 amide bonds. The van der Waals surface area contributed by atoms with Gasteiger partial charge in [0.25, 0.3) is 5.69 Å². The van der Waals surface area contributed by atoms with Crippen LogP contribution in [0.4, 0.5) is 5.69 Å². The van der Waals surface area contributed by atoms with Gasteiger partial charge in [-0.1, -0.05) is 54.6 Å². The van der Waals surface area contributed by atoms with Gasteiger partial charge in [0.15, 0.2) is 9.84 Å². The number of nitro benzene ring substituents is 1. The number of hydrogen-bond acceptors (Lipinski definition) is 6. The van der Waals surface area contributed by atoms with Gasteiger partial charge in [-0.2, -0.15) is 0 Å². The molecule has 29 heavy (non-hydrogen) atoms. The van der Waals surface area contributed by atoms with E-state index in [2.05, 4.69) is 0 Å². The molecule has 0 heterocycles. The van der Waals surface area contributed by atoms with Crippen molar-refractivity contribution in [3.63, 3.8) is 0 Å². The van der Waals surface area contributed by atoms with E-state index >= 15 is 0 Å². The van der Waals surface area contributed by atoms with Gasteiger partial charge in [0.2, 0.25) is 0 Å². The summed E-state index contributed by atoms with van der Waals surface area (Å²) in [5.41, 5.74) is 0.580. The number of esters is 1. The molecule has 8 heteroatoms. The van der Waals surface area contributed by atoms with Crippen molar-refractivity contribution in [2.75, 3.05) is 7.11 Å². The molecule has 0 N–H and O–H groups in total. The van der Waals surface area contributed by atoms with E-state index in [4.69, 9.17) is 4.74 Å². The fraction of sp³-hybridized carbons (Fsp3) is 0.286. The van der Waals surface area contributed by atoms with E-state index in [1.807, 2.05) is 30.3 Å². The van der Waals surface area contributed by atoms with Crippen molar-refractivity contribution in [1.82, 2.24) is 0 Å². The number of carbonyl (C=O) groups is 1. The van der Waals surface area contributed by atoms with E-state index in [1.54, 1.807) is 0 Å². The smallest absolute Gasteiger partial charge is 0.312 e. The third-order valence-electron chi connectivity index (χ3n) is 4.56. The standard InChI is InChI=1S/C21H23NO6S/c1-16(29(26,27)20-11-7-6-10-19(20)22(24)25)12-14-18(21(23)28-2)15-13-17-8-4-3-5-9-17/h3-12,14,16,18H,13,15H2,1-2H3/t16-,18-/m0/s1. The second kappa shape index (κ2) is 9.97. The summed E-state index contributed by atoms with van der Waals surface area (Å²) in [5.74, 6) is -1.09. The zero-order chi connectivity index (χ0) is 21.4. The molecule has 0 spiro atoms. The number of para-hydroxylation sites is 1. The average Bonchev–Trinajstić information content (AvgIpc) is 2.73. The van der Waals surface area contributed by atoms with Gasteiger partial charge in [-0.05, 0) is 31.4 Å². The normalized spacial score (nSPS) is 13.7. The van der Waals surface area contributed by atoms with Crippen LogP contribution in [0, 0.1) is 16.0 Å². The molecule has 0 radical (unpaired) electrons. The van der Waals surface area contributed by atoms with Crippen LogP contribution in [0.25, 0.3) is 0 Å². The van der Waals surface area contributed by atoms with Crippen molar-refractivity contribution in [2.24, 2.45) is 5.92 Å². The Hall–Kier alpha value is -3.00. The summed E-state index contributed by atoms with van der Waals surface area (Å²) >= 11 is 0. The van der Waals surface area contributed by atoms with Gasteiger partial charge in [0.05, 0.1) is 23.2 Å². The molecule has 2 atom stereocenters. The first-order chi connectivity index (χ1) is 13.8. The highest BCUT2D eigenvalue weighted by Gasteiger charge is 2.29. The van der Waals surface area contributed by atoms with E-state index in [0.29, 0.717) is 12.8 Å². The first-order valence-electron chi connectivity index (χ1n) is 9.04. The molecule has 0 bridgehead atoms. The van der Waals surface area contributed by atoms with E-state index in [0.717, 1.165) is 11.6 Å². The zero-order valence-corrected chi connectivity index (χ0v) is 17.0. The number of nitro groups is 1. The highest BCUT2D eigenvalue weighted by molar-refractivity contribution is 7.92. The molecular formula is C21H23NO6S. The Bertz CT molecular complexity index is 985. The number of hydrogen-bond donors (Lipinski definition) is 0. The van der Waals surface area contributed by atoms with Gasteiger partial charge in [-0.15, -0.1) is 0 Å². The van der Waals surface area contributed by atoms with Crippen molar-refractivity contribution in [1.29, 1.82) is 0 Å². The summed E-state index contributed by atoms with van der Waals surface area (Å²) in [6.07, 6.45) is 3.96. The van der Waals surface area contributed by atoms with Crippen molar-refractivity contribution >= 4 is 21.5 Å². The van der Waals surface area contributed by atoms with E-state index in [-0.39, 0.29) is 4.90 Å². The number of nitrogens with zero attached hydrogens (tertiary/aromatic N) is 1. The second-order valence-electron chi connectivity index (χ2n) is 6.51. The number of carbonyl (C=O) groups excluding carboxylic acids is 1. The number of aryl methyl sites for hydroxylation is 1. The molecule has 2 rings (SSSR count). The molecule has 7 nitrogen and oxygen atoms in total. The summed E-state index contributed by atoms with van der Waals surface area (Å²) < 4.78 is 30.5. The quantitative estimate of drug-likeness (QED) is 0.266. The Morgan fingerprint density at radius 3 is 2.34 bits per heavy atom. The molecule has 0 saturated heterocycles. The van der Waals surface area contributed by atoms with Crippen LogP contribution in [-0.2, 0) is 25.8 Å². The lowest BCUT2D eigenvalue weighted by Gasteiger charge is -2.13. The number of sulfone groups is 1. The lowest BCUT2D eigenvalue weighted by molar-refractivity contribution is -0.387. The third kappa shape index (κ3) is 5.74. The molecule has 2 aromatic rings.